The van der Waals surface area contributed by atoms with Gasteiger partial charge in [-0.15, -0.1) is 11.3 Å². The van der Waals surface area contributed by atoms with Crippen LogP contribution in [0, 0.1) is 0 Å². The molecule has 0 fully saturated rings. The third-order valence-electron chi connectivity index (χ3n) is 21.2. The van der Waals surface area contributed by atoms with Gasteiger partial charge in [-0.3, -0.25) is 0 Å². The van der Waals surface area contributed by atoms with Crippen LogP contribution in [0.5, 0.6) is 0 Å². The molecule has 0 unspecified atom stereocenters. The van der Waals surface area contributed by atoms with E-state index in [4.69, 9.17) is 0 Å². The third kappa shape index (κ3) is 7.97. The van der Waals surface area contributed by atoms with Crippen molar-refractivity contribution in [3.05, 3.63) is 326 Å². The minimum atomic E-state index is -0.0711. The van der Waals surface area contributed by atoms with Crippen molar-refractivity contribution in [3.8, 4) is 66.8 Å². The minimum absolute atomic E-state index is 0.0669. The van der Waals surface area contributed by atoms with Gasteiger partial charge in [-0.2, -0.15) is 0 Å². The minimum Gasteiger partial charge on any atom is -0.135 e. The fraction of sp³-hybridized carbons (Fsp3) is 0.0652. The average Bonchev–Trinajstić information content (AvgIpc) is 1.66. The summed E-state index contributed by atoms with van der Waals surface area (Å²) in [6.07, 6.45) is 0. The predicted molar refractivity (Wildman–Crippen MR) is 403 cm³/mol. The molecule has 0 saturated heterocycles. The Labute approximate surface area is 544 Å². The number of hydrogen-bond acceptors (Lipinski definition) is 1. The lowest BCUT2D eigenvalue weighted by atomic mass is 9.80. The fourth-order valence-corrected chi connectivity index (χ4v) is 18.2. The Hall–Kier alpha value is -11.0. The first-order chi connectivity index (χ1) is 45.7. The van der Waals surface area contributed by atoms with Crippen LogP contribution < -0.4 is 0 Å². The monoisotopic (exact) mass is 1200 g/mol. The molecule has 18 aromatic rings. The van der Waals surface area contributed by atoms with E-state index in [1.54, 1.807) is 0 Å². The summed E-state index contributed by atoms with van der Waals surface area (Å²) in [5, 5.41) is 23.5. The molecule has 0 N–H and O–H groups in total. The number of hydrogen-bond donors (Lipinski definition) is 0. The van der Waals surface area contributed by atoms with E-state index in [9.17, 15) is 0 Å². The molecule has 0 amide bonds. The van der Waals surface area contributed by atoms with E-state index in [-0.39, 0.29) is 10.8 Å². The van der Waals surface area contributed by atoms with Gasteiger partial charge in [0.25, 0.3) is 0 Å². The highest BCUT2D eigenvalue weighted by Gasteiger charge is 2.39. The highest BCUT2D eigenvalue weighted by Crippen LogP contribution is 2.56. The standard InChI is InChI=1S/C47H32.C45H30S/c1-47(2)43-26-24-33(28-42(43)40-25-23-30-12-4-6-14-35(30)46(40)47)45-38-17-9-7-15-36(38)44(37-16-8-10-18-39(37)45)32-22-21-31-20-19-29-11-3-5-13-34(29)41(31)27-32;1-45(2)39-23-20-28(25-37(39)36-22-19-27-11-3-4-12-30(27)44(36)45)42-32-14-5-7-16-34(32)43(35-17-8-6-15-33(35)42)29-21-24-41-38(26-29)31-13-9-10-18-40(31)46-41/h3-28H,1-2H3;3-26H,1-2H3. The summed E-state index contributed by atoms with van der Waals surface area (Å²) in [4.78, 5) is 0. The van der Waals surface area contributed by atoms with Gasteiger partial charge in [0.05, 0.1) is 0 Å². The van der Waals surface area contributed by atoms with Crippen LogP contribution in [0.4, 0.5) is 0 Å². The van der Waals surface area contributed by atoms with Gasteiger partial charge in [-0.05, 0) is 212 Å². The molecular weight excluding hydrogens is 1140 g/mol. The summed E-state index contributed by atoms with van der Waals surface area (Å²) >= 11 is 1.88. The van der Waals surface area contributed by atoms with Gasteiger partial charge < -0.3 is 0 Å². The van der Waals surface area contributed by atoms with Crippen molar-refractivity contribution < 1.29 is 0 Å². The predicted octanol–water partition coefficient (Wildman–Crippen LogP) is 26.2. The van der Waals surface area contributed by atoms with Crippen molar-refractivity contribution in [2.45, 2.75) is 38.5 Å². The van der Waals surface area contributed by atoms with Crippen molar-refractivity contribution in [2.24, 2.45) is 0 Å². The maximum atomic E-state index is 2.47. The first-order valence-corrected chi connectivity index (χ1v) is 33.5. The zero-order valence-electron chi connectivity index (χ0n) is 52.3. The molecule has 1 heteroatoms. The Morgan fingerprint density at radius 2 is 0.495 bits per heavy atom. The molecule has 0 saturated carbocycles. The van der Waals surface area contributed by atoms with Crippen molar-refractivity contribution in [2.75, 3.05) is 0 Å². The fourth-order valence-electron chi connectivity index (χ4n) is 17.1. The molecule has 0 aliphatic heterocycles. The van der Waals surface area contributed by atoms with Crippen LogP contribution in [0.15, 0.2) is 303 Å². The van der Waals surface area contributed by atoms with Gasteiger partial charge in [-0.1, -0.05) is 295 Å². The number of thiophene rings is 1. The number of fused-ring (bicyclic) bond motifs is 20. The molecule has 0 nitrogen and oxygen atoms in total. The molecule has 17 aromatic carbocycles. The summed E-state index contributed by atoms with van der Waals surface area (Å²) in [6, 6.07) is 113. The molecule has 2 aliphatic rings. The van der Waals surface area contributed by atoms with E-state index >= 15 is 0 Å². The Morgan fingerprint density at radius 1 is 0.204 bits per heavy atom. The van der Waals surface area contributed by atoms with Crippen LogP contribution in [0.1, 0.15) is 49.9 Å². The van der Waals surface area contributed by atoms with Crippen LogP contribution in [-0.4, -0.2) is 0 Å². The molecule has 93 heavy (non-hydrogen) atoms. The van der Waals surface area contributed by atoms with E-state index < -0.39 is 0 Å². The molecule has 0 atom stereocenters. The van der Waals surface area contributed by atoms with Crippen LogP contribution >= 0.6 is 11.3 Å². The van der Waals surface area contributed by atoms with Crippen LogP contribution in [-0.2, 0) is 10.8 Å². The van der Waals surface area contributed by atoms with Crippen LogP contribution in [0.2, 0.25) is 0 Å². The molecular formula is C92H62S. The normalized spacial score (nSPS) is 13.5. The summed E-state index contributed by atoms with van der Waals surface area (Å²) in [5.41, 5.74) is 21.3. The van der Waals surface area contributed by atoms with Gasteiger partial charge in [-0.25, -0.2) is 0 Å². The van der Waals surface area contributed by atoms with Crippen molar-refractivity contribution >= 4 is 118 Å². The molecule has 0 bridgehead atoms. The largest absolute Gasteiger partial charge is 0.135 e. The summed E-state index contributed by atoms with van der Waals surface area (Å²) in [5.74, 6) is 0. The molecule has 1 heterocycles. The Morgan fingerprint density at radius 3 is 0.935 bits per heavy atom. The van der Waals surface area contributed by atoms with E-state index in [0.717, 1.165) is 0 Å². The lowest BCUT2D eigenvalue weighted by Crippen LogP contribution is -2.15. The SMILES string of the molecule is CC1(C)c2ccc(-c3c4ccccc4c(-c4ccc5ccc6ccccc6c5c4)c4ccccc34)cc2-c2ccc3ccccc3c21.CC1(C)c2ccc(-c3c4ccccc4c(-c4ccc5sc6ccccc6c5c4)c4ccccc34)cc2-c2ccc3ccccc3c21. The summed E-state index contributed by atoms with van der Waals surface area (Å²) in [6.45, 7) is 9.54. The van der Waals surface area contributed by atoms with Crippen molar-refractivity contribution in [1.82, 2.24) is 0 Å². The third-order valence-corrected chi connectivity index (χ3v) is 22.4. The molecule has 436 valence electrons. The van der Waals surface area contributed by atoms with Crippen molar-refractivity contribution in [3.63, 3.8) is 0 Å². The second-order valence-electron chi connectivity index (χ2n) is 26.9. The summed E-state index contributed by atoms with van der Waals surface area (Å²) in [7, 11) is 0. The number of rotatable bonds is 4. The second kappa shape index (κ2) is 20.3. The quantitative estimate of drug-likeness (QED) is 0.122. The lowest BCUT2D eigenvalue weighted by molar-refractivity contribution is 0.666. The topological polar surface area (TPSA) is 0 Å². The summed E-state index contributed by atoms with van der Waals surface area (Å²) < 4.78 is 2.68. The Bertz CT molecular complexity index is 6130. The van der Waals surface area contributed by atoms with E-state index in [1.165, 1.54) is 195 Å². The highest BCUT2D eigenvalue weighted by atomic mass is 32.1. The van der Waals surface area contributed by atoms with E-state index in [2.05, 4.69) is 331 Å². The van der Waals surface area contributed by atoms with Gasteiger partial charge >= 0.3 is 0 Å². The van der Waals surface area contributed by atoms with E-state index in [0.29, 0.717) is 0 Å². The van der Waals surface area contributed by atoms with E-state index in [1.807, 2.05) is 11.3 Å². The smallest absolute Gasteiger partial charge is 0.0355 e. The second-order valence-corrected chi connectivity index (χ2v) is 28.0. The maximum absolute atomic E-state index is 2.47. The van der Waals surface area contributed by atoms with Gasteiger partial charge in [0, 0.05) is 31.0 Å². The first-order valence-electron chi connectivity index (χ1n) is 32.7. The van der Waals surface area contributed by atoms with Gasteiger partial charge in [0.1, 0.15) is 0 Å². The number of benzene rings is 17. The molecule has 20 rings (SSSR count). The average molecular weight is 1200 g/mol. The molecule has 1 aromatic heterocycles. The van der Waals surface area contributed by atoms with Crippen LogP contribution in [0.25, 0.3) is 173 Å². The Balaban J connectivity index is 0.000000133. The van der Waals surface area contributed by atoms with Crippen molar-refractivity contribution in [1.29, 1.82) is 0 Å². The zero-order chi connectivity index (χ0) is 61.8. The van der Waals surface area contributed by atoms with Gasteiger partial charge in [0.15, 0.2) is 0 Å². The van der Waals surface area contributed by atoms with Gasteiger partial charge in [0.2, 0.25) is 0 Å². The Kier molecular flexibility index (Phi) is 11.7. The molecule has 0 spiro atoms. The molecule has 0 radical (unpaired) electrons. The van der Waals surface area contributed by atoms with Crippen LogP contribution in [0.3, 0.4) is 0 Å². The highest BCUT2D eigenvalue weighted by molar-refractivity contribution is 7.25. The molecule has 2 aliphatic carbocycles. The maximum Gasteiger partial charge on any atom is 0.0355 e. The zero-order valence-corrected chi connectivity index (χ0v) is 53.1. The lowest BCUT2D eigenvalue weighted by Gasteiger charge is -2.23. The first kappa shape index (κ1) is 53.8.